The normalized spacial score (nSPS) is 13.2. The van der Waals surface area contributed by atoms with Crippen LogP contribution in [0.5, 0.6) is 0 Å². The van der Waals surface area contributed by atoms with Crippen molar-refractivity contribution in [2.24, 2.45) is 0 Å². The second kappa shape index (κ2) is 5.33. The molecule has 0 rings (SSSR count). The first-order chi connectivity index (χ1) is 5.49. The summed E-state index contributed by atoms with van der Waals surface area (Å²) >= 11 is 0. The Balaban J connectivity index is 4.14. The molecule has 2 heteroatoms. The molecule has 0 fully saturated rings. The second-order valence-electron chi connectivity index (χ2n) is 4.23. The molecule has 0 spiro atoms. The largest absolute Gasteiger partial charge is 0.380 e. The number of hydrogen-bond donors (Lipinski definition) is 0. The van der Waals surface area contributed by atoms with Gasteiger partial charge in [-0.3, -0.25) is 0 Å². The molecule has 0 radical (unpaired) electrons. The second-order valence-corrected chi connectivity index (χ2v) is 9.71. The Kier molecular flexibility index (Phi) is 5.18. The molecule has 70 valence electrons. The van der Waals surface area contributed by atoms with Gasteiger partial charge in [0.2, 0.25) is 0 Å². The van der Waals surface area contributed by atoms with E-state index < -0.39 is 8.07 Å². The molecular formula is C10H20OSi. The molecule has 0 aromatic carbocycles. The summed E-state index contributed by atoms with van der Waals surface area (Å²) in [7, 11) is 0.746. The lowest BCUT2D eigenvalue weighted by atomic mass is 10.3. The van der Waals surface area contributed by atoms with Gasteiger partial charge in [0.1, 0.15) is 0 Å². The highest BCUT2D eigenvalue weighted by atomic mass is 28.3. The third-order valence-corrected chi connectivity index (χ3v) is 2.96. The molecular weight excluding hydrogens is 164 g/mol. The van der Waals surface area contributed by atoms with Crippen LogP contribution in [0.4, 0.5) is 0 Å². The van der Waals surface area contributed by atoms with E-state index in [-0.39, 0.29) is 0 Å². The van der Waals surface area contributed by atoms with Crippen LogP contribution in [0, 0.1) is 0 Å². The highest BCUT2D eigenvalue weighted by molar-refractivity contribution is 6.76. The van der Waals surface area contributed by atoms with E-state index in [0.717, 1.165) is 6.61 Å². The topological polar surface area (TPSA) is 9.23 Å². The standard InChI is InChI=1S/C10H20OSi/c1-6-7-10(8-11-2)9-12(3,4)5/h6-7H,1,8-9H2,2-5H3/b10-7+. The van der Waals surface area contributed by atoms with Gasteiger partial charge in [-0.1, -0.05) is 38.4 Å². The fourth-order valence-corrected chi connectivity index (χ4v) is 2.77. The van der Waals surface area contributed by atoms with E-state index >= 15 is 0 Å². The van der Waals surface area contributed by atoms with Crippen molar-refractivity contribution in [3.63, 3.8) is 0 Å². The first-order valence-corrected chi connectivity index (χ1v) is 7.99. The van der Waals surface area contributed by atoms with Crippen molar-refractivity contribution >= 4 is 8.07 Å². The zero-order valence-corrected chi connectivity index (χ0v) is 9.68. The Labute approximate surface area is 77.1 Å². The molecule has 1 nitrogen and oxygen atoms in total. The predicted molar refractivity (Wildman–Crippen MR) is 58.3 cm³/mol. The Bertz CT molecular complexity index is 165. The van der Waals surface area contributed by atoms with E-state index in [9.17, 15) is 0 Å². The molecule has 0 atom stereocenters. The Hall–Kier alpha value is -0.343. The number of rotatable bonds is 5. The van der Waals surface area contributed by atoms with Crippen LogP contribution in [-0.4, -0.2) is 21.8 Å². The third-order valence-electron chi connectivity index (χ3n) is 1.44. The van der Waals surface area contributed by atoms with Crippen LogP contribution < -0.4 is 0 Å². The minimum Gasteiger partial charge on any atom is -0.380 e. The molecule has 0 aliphatic carbocycles. The van der Waals surface area contributed by atoms with E-state index in [1.165, 1.54) is 11.6 Å². The smallest absolute Gasteiger partial charge is 0.0673 e. The van der Waals surface area contributed by atoms with E-state index in [4.69, 9.17) is 4.74 Å². The summed E-state index contributed by atoms with van der Waals surface area (Å²) in [6.07, 6.45) is 3.91. The summed E-state index contributed by atoms with van der Waals surface area (Å²) in [5.74, 6) is 0. The summed E-state index contributed by atoms with van der Waals surface area (Å²) in [5.41, 5.74) is 1.37. The van der Waals surface area contributed by atoms with Crippen LogP contribution in [0.2, 0.25) is 25.7 Å². The quantitative estimate of drug-likeness (QED) is 0.471. The minimum absolute atomic E-state index is 0.746. The van der Waals surface area contributed by atoms with Crippen LogP contribution in [0.3, 0.4) is 0 Å². The van der Waals surface area contributed by atoms with Crippen LogP contribution in [-0.2, 0) is 4.74 Å². The monoisotopic (exact) mass is 184 g/mol. The number of ether oxygens (including phenoxy) is 1. The molecule has 0 amide bonds. The fourth-order valence-electron chi connectivity index (χ4n) is 1.19. The molecule has 12 heavy (non-hydrogen) atoms. The molecule has 0 saturated heterocycles. The maximum Gasteiger partial charge on any atom is 0.0673 e. The zero-order valence-electron chi connectivity index (χ0n) is 8.68. The molecule has 0 unspecified atom stereocenters. The van der Waals surface area contributed by atoms with Crippen molar-refractivity contribution < 1.29 is 4.74 Å². The maximum absolute atomic E-state index is 5.11. The van der Waals surface area contributed by atoms with Gasteiger partial charge in [-0.25, -0.2) is 0 Å². The van der Waals surface area contributed by atoms with Crippen LogP contribution in [0.1, 0.15) is 0 Å². The lowest BCUT2D eigenvalue weighted by Gasteiger charge is -2.17. The Morgan fingerprint density at radius 2 is 2.00 bits per heavy atom. The van der Waals surface area contributed by atoms with Crippen molar-refractivity contribution in [3.8, 4) is 0 Å². The minimum atomic E-state index is -0.991. The van der Waals surface area contributed by atoms with Gasteiger partial charge in [-0.05, 0) is 11.6 Å². The summed E-state index contributed by atoms with van der Waals surface area (Å²) in [6, 6.07) is 1.20. The van der Waals surface area contributed by atoms with Gasteiger partial charge in [-0.15, -0.1) is 0 Å². The van der Waals surface area contributed by atoms with Crippen molar-refractivity contribution in [1.82, 2.24) is 0 Å². The highest BCUT2D eigenvalue weighted by Crippen LogP contribution is 2.16. The maximum atomic E-state index is 5.11. The number of allylic oxidation sites excluding steroid dienone is 2. The van der Waals surface area contributed by atoms with Gasteiger partial charge in [0, 0.05) is 15.2 Å². The number of methoxy groups -OCH3 is 1. The van der Waals surface area contributed by atoms with E-state index in [0.29, 0.717) is 0 Å². The lowest BCUT2D eigenvalue weighted by Crippen LogP contribution is -2.21. The molecule has 0 bridgehead atoms. The van der Waals surface area contributed by atoms with Crippen molar-refractivity contribution in [3.05, 3.63) is 24.3 Å². The summed E-state index contributed by atoms with van der Waals surface area (Å²) < 4.78 is 5.11. The average Bonchev–Trinajstić information content (AvgIpc) is 1.84. The SMILES string of the molecule is C=C/C=C(\COC)C[Si](C)(C)C. The first-order valence-electron chi connectivity index (χ1n) is 4.29. The number of hydrogen-bond acceptors (Lipinski definition) is 1. The predicted octanol–water partition coefficient (Wildman–Crippen LogP) is 3.08. The molecule has 0 aliphatic heterocycles. The van der Waals surface area contributed by atoms with E-state index in [1.807, 2.05) is 6.08 Å². The van der Waals surface area contributed by atoms with E-state index in [2.05, 4.69) is 32.3 Å². The van der Waals surface area contributed by atoms with Gasteiger partial charge in [0.05, 0.1) is 6.61 Å². The summed E-state index contributed by atoms with van der Waals surface area (Å²) in [5, 5.41) is 0. The van der Waals surface area contributed by atoms with Gasteiger partial charge < -0.3 is 4.74 Å². The summed E-state index contributed by atoms with van der Waals surface area (Å²) in [4.78, 5) is 0. The zero-order chi connectivity index (χ0) is 9.61. The van der Waals surface area contributed by atoms with Gasteiger partial charge in [-0.2, -0.15) is 0 Å². The summed E-state index contributed by atoms with van der Waals surface area (Å²) in [6.45, 7) is 11.5. The average molecular weight is 184 g/mol. The Morgan fingerprint density at radius 1 is 1.42 bits per heavy atom. The molecule has 0 aliphatic rings. The van der Waals surface area contributed by atoms with Crippen LogP contribution >= 0.6 is 0 Å². The molecule has 0 heterocycles. The Morgan fingerprint density at radius 3 is 2.33 bits per heavy atom. The highest BCUT2D eigenvalue weighted by Gasteiger charge is 2.14. The molecule has 0 aromatic rings. The third kappa shape index (κ3) is 6.37. The molecule has 0 aromatic heterocycles. The molecule has 0 N–H and O–H groups in total. The van der Waals surface area contributed by atoms with Crippen molar-refractivity contribution in [1.29, 1.82) is 0 Å². The fraction of sp³-hybridized carbons (Fsp3) is 0.600. The van der Waals surface area contributed by atoms with Gasteiger partial charge >= 0.3 is 0 Å². The van der Waals surface area contributed by atoms with Crippen LogP contribution in [0.25, 0.3) is 0 Å². The molecule has 0 saturated carbocycles. The lowest BCUT2D eigenvalue weighted by molar-refractivity contribution is 0.225. The van der Waals surface area contributed by atoms with Crippen molar-refractivity contribution in [2.45, 2.75) is 25.7 Å². The van der Waals surface area contributed by atoms with Gasteiger partial charge in [0.25, 0.3) is 0 Å². The first kappa shape index (κ1) is 11.7. The van der Waals surface area contributed by atoms with Crippen molar-refractivity contribution in [2.75, 3.05) is 13.7 Å². The van der Waals surface area contributed by atoms with E-state index in [1.54, 1.807) is 7.11 Å². The van der Waals surface area contributed by atoms with Crippen LogP contribution in [0.15, 0.2) is 24.3 Å². The van der Waals surface area contributed by atoms with Gasteiger partial charge in [0.15, 0.2) is 0 Å².